The first-order chi connectivity index (χ1) is 32.6. The second-order valence-corrected chi connectivity index (χ2v) is 20.6. The second kappa shape index (κ2) is 46.6. The molecule has 0 N–H and O–H groups in total. The normalized spacial score (nSPS) is 12.1. The fourth-order valence-electron chi connectivity index (χ4n) is 9.59. The van der Waals surface area contributed by atoms with E-state index in [0.29, 0.717) is 0 Å². The first kappa shape index (κ1) is 63.2. The maximum Gasteiger partial charge on any atom is 0.0848 e. The van der Waals surface area contributed by atoms with Gasteiger partial charge in [0.05, 0.1) is 22.8 Å². The zero-order valence-electron chi connectivity index (χ0n) is 45.5. The summed E-state index contributed by atoms with van der Waals surface area (Å²) in [7, 11) is 0. The van der Waals surface area contributed by atoms with E-state index in [2.05, 4.69) is 90.1 Å². The minimum absolute atomic E-state index is 0. The summed E-state index contributed by atoms with van der Waals surface area (Å²) in [6.07, 6.45) is 60.7. The summed E-state index contributed by atoms with van der Waals surface area (Å²) in [5, 5.41) is 0. The van der Waals surface area contributed by atoms with Crippen LogP contribution in [0.3, 0.4) is 0 Å². The molecule has 2 aromatic carbocycles. The van der Waals surface area contributed by atoms with E-state index >= 15 is 0 Å². The number of allylic oxidation sites excluding steroid dienone is 2. The van der Waals surface area contributed by atoms with Gasteiger partial charge in [0.25, 0.3) is 0 Å². The van der Waals surface area contributed by atoms with Crippen molar-refractivity contribution in [3.8, 4) is 0 Å². The Balaban J connectivity index is 0.0000224. The Bertz CT molecular complexity index is 1450. The largest absolute Gasteiger partial charge is 0.251 e. The standard InChI is InChI=1S/C64H110N2.Pd/c1-7-13-19-20-21-22-23-24-25-26-27-28-29-30-31-32-33-34-35-36-37-38-39-40-41-42-44-50-64(66-62-55-59(47-17-11-5)52-60(56-62)48-18-12-6)63(49-43-14-8-2)65-61-53-57(45-15-9-3)51-58(54-61)46-16-10-4;/h44,50-56H,7-43,45-49H2,1-6H3;/b50-44+,65-63+,66-64+;. The van der Waals surface area contributed by atoms with E-state index in [1.54, 1.807) is 0 Å². The first-order valence-electron chi connectivity index (χ1n) is 29.6. The number of hydrogen-bond donors (Lipinski definition) is 0. The van der Waals surface area contributed by atoms with Crippen molar-refractivity contribution < 1.29 is 20.4 Å². The molecule has 67 heavy (non-hydrogen) atoms. The predicted octanol–water partition coefficient (Wildman–Crippen LogP) is 22.2. The zero-order chi connectivity index (χ0) is 47.4. The third-order valence-corrected chi connectivity index (χ3v) is 13.9. The molecule has 0 radical (unpaired) electrons. The van der Waals surface area contributed by atoms with E-state index in [1.165, 1.54) is 247 Å². The van der Waals surface area contributed by atoms with Gasteiger partial charge >= 0.3 is 0 Å². The first-order valence-corrected chi connectivity index (χ1v) is 29.6. The van der Waals surface area contributed by atoms with Crippen LogP contribution in [0.4, 0.5) is 11.4 Å². The molecule has 0 spiro atoms. The fraction of sp³-hybridized carbons (Fsp3) is 0.750. The van der Waals surface area contributed by atoms with Crippen LogP contribution in [-0.4, -0.2) is 11.4 Å². The van der Waals surface area contributed by atoms with Crippen LogP contribution < -0.4 is 0 Å². The average molecular weight is 1010 g/mol. The Morgan fingerprint density at radius 3 is 0.940 bits per heavy atom. The van der Waals surface area contributed by atoms with E-state index in [4.69, 9.17) is 9.98 Å². The maximum atomic E-state index is 5.56. The molecule has 0 atom stereocenters. The van der Waals surface area contributed by atoms with Crippen molar-refractivity contribution in [3.63, 3.8) is 0 Å². The molecule has 0 aromatic heterocycles. The topological polar surface area (TPSA) is 24.7 Å². The Labute approximate surface area is 432 Å². The molecule has 0 aliphatic rings. The van der Waals surface area contributed by atoms with Crippen molar-refractivity contribution in [3.05, 3.63) is 70.8 Å². The van der Waals surface area contributed by atoms with Gasteiger partial charge in [-0.3, -0.25) is 4.99 Å². The number of aryl methyl sites for hydroxylation is 4. The summed E-state index contributed by atoms with van der Waals surface area (Å²) < 4.78 is 0. The quantitative estimate of drug-likeness (QED) is 0.0359. The van der Waals surface area contributed by atoms with Gasteiger partial charge in [-0.1, -0.05) is 252 Å². The maximum absolute atomic E-state index is 5.56. The van der Waals surface area contributed by atoms with E-state index < -0.39 is 0 Å². The molecule has 0 saturated carbocycles. The molecular formula is C64H110N2Pd. The summed E-state index contributed by atoms with van der Waals surface area (Å²) in [6, 6.07) is 14.4. The molecule has 3 heteroatoms. The molecule has 0 amide bonds. The summed E-state index contributed by atoms with van der Waals surface area (Å²) in [6.45, 7) is 13.8. The number of rotatable bonds is 46. The van der Waals surface area contributed by atoms with Crippen molar-refractivity contribution in [2.45, 2.75) is 311 Å². The Hall–Kier alpha value is -1.82. The van der Waals surface area contributed by atoms with Gasteiger partial charge in [0.2, 0.25) is 0 Å². The van der Waals surface area contributed by atoms with Crippen molar-refractivity contribution in [1.29, 1.82) is 0 Å². The van der Waals surface area contributed by atoms with Gasteiger partial charge in [-0.05, 0) is 130 Å². The fourth-order valence-corrected chi connectivity index (χ4v) is 9.59. The average Bonchev–Trinajstić information content (AvgIpc) is 3.32. The Kier molecular flexibility index (Phi) is 43.9. The van der Waals surface area contributed by atoms with Crippen LogP contribution in [0.1, 0.15) is 308 Å². The zero-order valence-corrected chi connectivity index (χ0v) is 47.1. The molecule has 2 nitrogen and oxygen atoms in total. The minimum atomic E-state index is 0. The molecule has 0 aliphatic heterocycles. The number of hydrogen-bond acceptors (Lipinski definition) is 2. The number of benzene rings is 2. The van der Waals surface area contributed by atoms with E-state index in [-0.39, 0.29) is 20.4 Å². The predicted molar refractivity (Wildman–Crippen MR) is 301 cm³/mol. The van der Waals surface area contributed by atoms with Gasteiger partial charge in [0, 0.05) is 20.4 Å². The van der Waals surface area contributed by atoms with Crippen molar-refractivity contribution in [1.82, 2.24) is 0 Å². The van der Waals surface area contributed by atoms with Crippen LogP contribution in [0, 0.1) is 0 Å². The summed E-state index contributed by atoms with van der Waals surface area (Å²) in [5.41, 5.74) is 10.3. The van der Waals surface area contributed by atoms with E-state index in [1.807, 2.05) is 0 Å². The van der Waals surface area contributed by atoms with Crippen molar-refractivity contribution in [2.75, 3.05) is 0 Å². The van der Waals surface area contributed by atoms with Crippen LogP contribution in [0.25, 0.3) is 0 Å². The SMILES string of the molecule is CCCCCCCCCCCCCCCCCCCCCCCCCCC/C=C/C(=N\c1cc(CCCC)cc(CCCC)c1)C(/CCCCC)=N/c1cc(CCCC)cc(CCCC)c1.[Pd]. The summed E-state index contributed by atoms with van der Waals surface area (Å²) in [4.78, 5) is 11.1. The molecule has 2 rings (SSSR count). The number of nitrogens with zero attached hydrogens (tertiary/aromatic N) is 2. The van der Waals surface area contributed by atoms with E-state index in [0.717, 1.165) is 67.7 Å². The van der Waals surface area contributed by atoms with Gasteiger partial charge in [-0.15, -0.1) is 0 Å². The molecule has 0 unspecified atom stereocenters. The molecule has 0 bridgehead atoms. The van der Waals surface area contributed by atoms with Gasteiger partial charge in [-0.25, -0.2) is 4.99 Å². The summed E-state index contributed by atoms with van der Waals surface area (Å²) >= 11 is 0. The van der Waals surface area contributed by atoms with Crippen LogP contribution in [0.5, 0.6) is 0 Å². The summed E-state index contributed by atoms with van der Waals surface area (Å²) in [5.74, 6) is 0. The van der Waals surface area contributed by atoms with Crippen LogP contribution in [-0.2, 0) is 46.1 Å². The Morgan fingerprint density at radius 1 is 0.328 bits per heavy atom. The van der Waals surface area contributed by atoms with Gasteiger partial charge in [0.1, 0.15) is 0 Å². The van der Waals surface area contributed by atoms with Crippen LogP contribution in [0.15, 0.2) is 58.5 Å². The second-order valence-electron chi connectivity index (χ2n) is 20.6. The number of aliphatic imine (C=N–C) groups is 2. The Morgan fingerprint density at radius 2 is 0.612 bits per heavy atom. The van der Waals surface area contributed by atoms with Crippen molar-refractivity contribution in [2.24, 2.45) is 9.98 Å². The van der Waals surface area contributed by atoms with Crippen LogP contribution in [0.2, 0.25) is 0 Å². The van der Waals surface area contributed by atoms with Gasteiger partial charge in [-0.2, -0.15) is 0 Å². The molecule has 0 heterocycles. The van der Waals surface area contributed by atoms with Gasteiger partial charge < -0.3 is 0 Å². The van der Waals surface area contributed by atoms with Gasteiger partial charge in [0.15, 0.2) is 0 Å². The third kappa shape index (κ3) is 35.0. The van der Waals surface area contributed by atoms with Crippen LogP contribution >= 0.6 is 0 Å². The molecule has 0 aliphatic carbocycles. The van der Waals surface area contributed by atoms with Crippen molar-refractivity contribution >= 4 is 22.8 Å². The third-order valence-electron chi connectivity index (χ3n) is 13.9. The monoisotopic (exact) mass is 1010 g/mol. The minimum Gasteiger partial charge on any atom is -0.251 e. The smallest absolute Gasteiger partial charge is 0.0848 e. The molecule has 386 valence electrons. The molecule has 0 saturated heterocycles. The van der Waals surface area contributed by atoms with E-state index in [9.17, 15) is 0 Å². The number of unbranched alkanes of at least 4 members (excludes halogenated alkanes) is 31. The molecular weight excluding hydrogens is 903 g/mol. The molecule has 0 fully saturated rings. The molecule has 2 aromatic rings.